The molecule has 1 aliphatic rings. The summed E-state index contributed by atoms with van der Waals surface area (Å²) in [6.07, 6.45) is 1.25. The fourth-order valence-electron chi connectivity index (χ4n) is 3.61. The zero-order chi connectivity index (χ0) is 14.7. The lowest BCUT2D eigenvalue weighted by atomic mass is 9.88. The number of hydrogen-bond acceptors (Lipinski definition) is 2. The van der Waals surface area contributed by atoms with Crippen LogP contribution in [-0.2, 0) is 0 Å². The fraction of sp³-hybridized carbons (Fsp3) is 0.667. The first-order valence-corrected chi connectivity index (χ1v) is 8.01. The number of hydrogen-bond donors (Lipinski definition) is 1. The highest BCUT2D eigenvalue weighted by Crippen LogP contribution is 2.33. The Morgan fingerprint density at radius 1 is 1.05 bits per heavy atom. The lowest BCUT2D eigenvalue weighted by Gasteiger charge is -2.37. The van der Waals surface area contributed by atoms with Gasteiger partial charge in [-0.05, 0) is 49.8 Å². The first kappa shape index (κ1) is 15.5. The second-order valence-corrected chi connectivity index (χ2v) is 6.74. The highest BCUT2D eigenvalue weighted by molar-refractivity contribution is 5.39. The van der Waals surface area contributed by atoms with E-state index in [4.69, 9.17) is 0 Å². The van der Waals surface area contributed by atoms with Crippen LogP contribution in [0.2, 0.25) is 0 Å². The van der Waals surface area contributed by atoms with Gasteiger partial charge >= 0.3 is 0 Å². The summed E-state index contributed by atoms with van der Waals surface area (Å²) in [5.74, 6) is 0.731. The van der Waals surface area contributed by atoms with Crippen molar-refractivity contribution in [1.82, 2.24) is 10.2 Å². The quantitative estimate of drug-likeness (QED) is 0.902. The predicted molar refractivity (Wildman–Crippen MR) is 87.3 cm³/mol. The summed E-state index contributed by atoms with van der Waals surface area (Å²) < 4.78 is 0. The summed E-state index contributed by atoms with van der Waals surface area (Å²) in [4.78, 5) is 2.68. The van der Waals surface area contributed by atoms with Crippen molar-refractivity contribution < 1.29 is 0 Å². The standard InChI is InChI=1S/C18H30N2/c1-13(2)10-17(20-8-6-19-7-9-20)18-15(4)11-14(3)12-16(18)5/h11-13,17,19H,6-10H2,1-5H3/t17-/m0/s1. The molecule has 1 saturated heterocycles. The second kappa shape index (κ2) is 6.73. The van der Waals surface area contributed by atoms with Crippen LogP contribution < -0.4 is 5.32 Å². The molecule has 0 spiro atoms. The molecule has 112 valence electrons. The van der Waals surface area contributed by atoms with E-state index in [1.165, 1.54) is 36.2 Å². The summed E-state index contributed by atoms with van der Waals surface area (Å²) in [7, 11) is 0. The van der Waals surface area contributed by atoms with Crippen molar-refractivity contribution in [2.75, 3.05) is 26.2 Å². The maximum atomic E-state index is 3.47. The SMILES string of the molecule is Cc1cc(C)c([C@H](CC(C)C)N2CCNCC2)c(C)c1. The third-order valence-corrected chi connectivity index (χ3v) is 4.36. The van der Waals surface area contributed by atoms with Gasteiger partial charge in [0.2, 0.25) is 0 Å². The van der Waals surface area contributed by atoms with Crippen LogP contribution in [0, 0.1) is 26.7 Å². The Hall–Kier alpha value is -0.860. The maximum absolute atomic E-state index is 3.47. The average Bonchev–Trinajstić information content (AvgIpc) is 2.37. The van der Waals surface area contributed by atoms with Crippen LogP contribution in [0.5, 0.6) is 0 Å². The molecule has 1 aliphatic heterocycles. The number of nitrogens with one attached hydrogen (secondary N) is 1. The van der Waals surface area contributed by atoms with Crippen molar-refractivity contribution in [3.63, 3.8) is 0 Å². The topological polar surface area (TPSA) is 15.3 Å². The van der Waals surface area contributed by atoms with Crippen LogP contribution in [0.4, 0.5) is 0 Å². The van der Waals surface area contributed by atoms with E-state index < -0.39 is 0 Å². The lowest BCUT2D eigenvalue weighted by Crippen LogP contribution is -2.45. The smallest absolute Gasteiger partial charge is 0.0356 e. The Morgan fingerprint density at radius 2 is 1.60 bits per heavy atom. The molecule has 0 unspecified atom stereocenters. The van der Waals surface area contributed by atoms with Crippen LogP contribution in [0.25, 0.3) is 0 Å². The van der Waals surface area contributed by atoms with Crippen molar-refractivity contribution in [2.45, 2.75) is 47.1 Å². The van der Waals surface area contributed by atoms with E-state index in [1.54, 1.807) is 5.56 Å². The molecule has 0 aromatic heterocycles. The molecule has 20 heavy (non-hydrogen) atoms. The van der Waals surface area contributed by atoms with Gasteiger partial charge in [0, 0.05) is 32.2 Å². The van der Waals surface area contributed by atoms with Crippen LogP contribution >= 0.6 is 0 Å². The van der Waals surface area contributed by atoms with Crippen molar-refractivity contribution in [3.8, 4) is 0 Å². The molecule has 2 nitrogen and oxygen atoms in total. The summed E-state index contributed by atoms with van der Waals surface area (Å²) in [5, 5.41) is 3.47. The minimum absolute atomic E-state index is 0.581. The van der Waals surface area contributed by atoms with Crippen LogP contribution in [0.15, 0.2) is 12.1 Å². The number of benzene rings is 1. The second-order valence-electron chi connectivity index (χ2n) is 6.74. The highest BCUT2D eigenvalue weighted by atomic mass is 15.2. The summed E-state index contributed by atoms with van der Waals surface area (Å²) in [6.45, 7) is 16.0. The molecule has 2 heteroatoms. The van der Waals surface area contributed by atoms with Crippen LogP contribution in [0.3, 0.4) is 0 Å². The van der Waals surface area contributed by atoms with Gasteiger partial charge in [0.1, 0.15) is 0 Å². The lowest BCUT2D eigenvalue weighted by molar-refractivity contribution is 0.153. The van der Waals surface area contributed by atoms with Gasteiger partial charge in [0.15, 0.2) is 0 Å². The molecule has 1 atom stereocenters. The van der Waals surface area contributed by atoms with Gasteiger partial charge < -0.3 is 5.32 Å². The Balaban J connectivity index is 2.35. The van der Waals surface area contributed by atoms with Crippen LogP contribution in [-0.4, -0.2) is 31.1 Å². The number of rotatable bonds is 4. The third kappa shape index (κ3) is 3.62. The van der Waals surface area contributed by atoms with E-state index in [2.05, 4.69) is 57.0 Å². The molecule has 0 bridgehead atoms. The average molecular weight is 274 g/mol. The van der Waals surface area contributed by atoms with Gasteiger partial charge in [-0.1, -0.05) is 31.5 Å². The molecule has 1 N–H and O–H groups in total. The minimum atomic E-state index is 0.581. The van der Waals surface area contributed by atoms with Gasteiger partial charge in [-0.25, -0.2) is 0 Å². The number of piperazine rings is 1. The summed E-state index contributed by atoms with van der Waals surface area (Å²) in [5.41, 5.74) is 5.89. The van der Waals surface area contributed by atoms with Gasteiger partial charge in [-0.15, -0.1) is 0 Å². The molecule has 1 fully saturated rings. The predicted octanol–water partition coefficient (Wildman–Crippen LogP) is 3.60. The molecule has 0 saturated carbocycles. The molecular weight excluding hydrogens is 244 g/mol. The Bertz CT molecular complexity index is 422. The first-order chi connectivity index (χ1) is 9.49. The molecule has 0 amide bonds. The molecule has 0 aliphatic carbocycles. The molecule has 0 radical (unpaired) electrons. The highest BCUT2D eigenvalue weighted by Gasteiger charge is 2.25. The van der Waals surface area contributed by atoms with Crippen LogP contribution in [0.1, 0.15) is 48.6 Å². The normalized spacial score (nSPS) is 18.5. The largest absolute Gasteiger partial charge is 0.314 e. The summed E-state index contributed by atoms with van der Waals surface area (Å²) >= 11 is 0. The minimum Gasteiger partial charge on any atom is -0.314 e. The zero-order valence-electron chi connectivity index (χ0n) is 13.8. The molecule has 1 aromatic carbocycles. The van der Waals surface area contributed by atoms with Gasteiger partial charge in [-0.3, -0.25) is 4.90 Å². The van der Waals surface area contributed by atoms with E-state index in [0.29, 0.717) is 6.04 Å². The maximum Gasteiger partial charge on any atom is 0.0356 e. The Kier molecular flexibility index (Phi) is 5.22. The molecule has 2 rings (SSSR count). The molecule has 1 heterocycles. The van der Waals surface area contributed by atoms with E-state index in [0.717, 1.165) is 19.0 Å². The van der Waals surface area contributed by atoms with E-state index in [-0.39, 0.29) is 0 Å². The summed E-state index contributed by atoms with van der Waals surface area (Å²) in [6, 6.07) is 5.27. The first-order valence-electron chi connectivity index (χ1n) is 8.01. The Labute approximate surface area is 124 Å². The van der Waals surface area contributed by atoms with Crippen molar-refractivity contribution in [2.24, 2.45) is 5.92 Å². The Morgan fingerprint density at radius 3 is 2.10 bits per heavy atom. The number of nitrogens with zero attached hydrogens (tertiary/aromatic N) is 1. The number of aryl methyl sites for hydroxylation is 3. The molecule has 1 aromatic rings. The van der Waals surface area contributed by atoms with Crippen molar-refractivity contribution in [1.29, 1.82) is 0 Å². The molecular formula is C18H30N2. The van der Waals surface area contributed by atoms with Crippen molar-refractivity contribution >= 4 is 0 Å². The van der Waals surface area contributed by atoms with Crippen molar-refractivity contribution in [3.05, 3.63) is 34.4 Å². The van der Waals surface area contributed by atoms with Gasteiger partial charge in [0.25, 0.3) is 0 Å². The van der Waals surface area contributed by atoms with E-state index >= 15 is 0 Å². The van der Waals surface area contributed by atoms with Gasteiger partial charge in [-0.2, -0.15) is 0 Å². The van der Waals surface area contributed by atoms with Gasteiger partial charge in [0.05, 0.1) is 0 Å². The monoisotopic (exact) mass is 274 g/mol. The van der Waals surface area contributed by atoms with E-state index in [1.807, 2.05) is 0 Å². The fourth-order valence-corrected chi connectivity index (χ4v) is 3.61. The third-order valence-electron chi connectivity index (χ3n) is 4.36. The zero-order valence-corrected chi connectivity index (χ0v) is 13.8. The van der Waals surface area contributed by atoms with E-state index in [9.17, 15) is 0 Å².